The van der Waals surface area contributed by atoms with Crippen LogP contribution in [0, 0.1) is 5.82 Å². The summed E-state index contributed by atoms with van der Waals surface area (Å²) in [5.41, 5.74) is 0.315. The standard InChI is InChI=1S/C13H10BrClFNO3S/c14-9-6-8(7-18)4-5-12(9)21(19,20)17-11-3-1-2-10(15)13(11)16/h1-6,17-18H,7H2. The molecule has 0 aliphatic rings. The molecule has 21 heavy (non-hydrogen) atoms. The van der Waals surface area contributed by atoms with Crippen molar-refractivity contribution in [2.45, 2.75) is 11.5 Å². The molecule has 2 aromatic rings. The molecule has 2 N–H and O–H groups in total. The number of anilines is 1. The molecule has 0 aliphatic heterocycles. The molecule has 4 nitrogen and oxygen atoms in total. The highest BCUT2D eigenvalue weighted by Gasteiger charge is 2.20. The van der Waals surface area contributed by atoms with Crippen molar-refractivity contribution < 1.29 is 17.9 Å². The second-order valence-electron chi connectivity index (χ2n) is 4.13. The molecular formula is C13H10BrClFNO3S. The molecule has 0 fully saturated rings. The van der Waals surface area contributed by atoms with E-state index in [1.54, 1.807) is 0 Å². The first-order valence-electron chi connectivity index (χ1n) is 5.71. The molecule has 0 saturated heterocycles. The molecule has 0 atom stereocenters. The summed E-state index contributed by atoms with van der Waals surface area (Å²) >= 11 is 8.73. The first-order valence-corrected chi connectivity index (χ1v) is 8.36. The highest BCUT2D eigenvalue weighted by Crippen LogP contribution is 2.28. The first-order chi connectivity index (χ1) is 9.85. The van der Waals surface area contributed by atoms with Gasteiger partial charge in [-0.3, -0.25) is 4.72 Å². The zero-order valence-corrected chi connectivity index (χ0v) is 13.6. The summed E-state index contributed by atoms with van der Waals surface area (Å²) in [5.74, 6) is -0.842. The number of hydrogen-bond acceptors (Lipinski definition) is 3. The van der Waals surface area contributed by atoms with Crippen LogP contribution in [-0.2, 0) is 16.6 Å². The van der Waals surface area contributed by atoms with Crippen LogP contribution in [0.5, 0.6) is 0 Å². The summed E-state index contributed by atoms with van der Waals surface area (Å²) < 4.78 is 40.7. The van der Waals surface area contributed by atoms with Crippen LogP contribution in [0.2, 0.25) is 5.02 Å². The van der Waals surface area contributed by atoms with Crippen molar-refractivity contribution in [1.82, 2.24) is 0 Å². The molecule has 0 bridgehead atoms. The largest absolute Gasteiger partial charge is 0.392 e. The van der Waals surface area contributed by atoms with Gasteiger partial charge in [0.15, 0.2) is 5.82 Å². The summed E-state index contributed by atoms with van der Waals surface area (Å²) in [5, 5.41) is 8.83. The Balaban J connectivity index is 2.41. The van der Waals surface area contributed by atoms with Crippen molar-refractivity contribution in [1.29, 1.82) is 0 Å². The zero-order chi connectivity index (χ0) is 15.6. The average Bonchev–Trinajstić information content (AvgIpc) is 2.43. The first kappa shape index (κ1) is 16.2. The lowest BCUT2D eigenvalue weighted by atomic mass is 10.2. The van der Waals surface area contributed by atoms with Crippen LogP contribution in [0.25, 0.3) is 0 Å². The predicted molar refractivity (Wildman–Crippen MR) is 82.3 cm³/mol. The van der Waals surface area contributed by atoms with E-state index in [-0.39, 0.29) is 26.7 Å². The molecule has 112 valence electrons. The summed E-state index contributed by atoms with van der Waals surface area (Å²) in [6.45, 7) is -0.213. The molecule has 0 heterocycles. The highest BCUT2D eigenvalue weighted by atomic mass is 79.9. The van der Waals surface area contributed by atoms with Gasteiger partial charge in [0.25, 0.3) is 10.0 Å². The summed E-state index contributed by atoms with van der Waals surface area (Å²) in [7, 11) is -3.99. The molecular weight excluding hydrogens is 385 g/mol. The van der Waals surface area contributed by atoms with E-state index in [2.05, 4.69) is 20.7 Å². The van der Waals surface area contributed by atoms with Crippen LogP contribution in [0.3, 0.4) is 0 Å². The van der Waals surface area contributed by atoms with Gasteiger partial charge in [0.05, 0.1) is 17.3 Å². The van der Waals surface area contributed by atoms with Gasteiger partial charge in [0.2, 0.25) is 0 Å². The minimum absolute atomic E-state index is 0.0703. The molecule has 0 amide bonds. The van der Waals surface area contributed by atoms with E-state index in [0.29, 0.717) is 5.56 Å². The van der Waals surface area contributed by atoms with Crippen molar-refractivity contribution >= 4 is 43.2 Å². The molecule has 0 unspecified atom stereocenters. The number of hydrogen-bond donors (Lipinski definition) is 2. The molecule has 2 rings (SSSR count). The monoisotopic (exact) mass is 393 g/mol. The van der Waals surface area contributed by atoms with Gasteiger partial charge in [-0.25, -0.2) is 12.8 Å². The fourth-order valence-corrected chi connectivity index (χ4v) is 4.00. The van der Waals surface area contributed by atoms with Gasteiger partial charge in [0, 0.05) is 4.47 Å². The highest BCUT2D eigenvalue weighted by molar-refractivity contribution is 9.10. The SMILES string of the molecule is O=S(=O)(Nc1cccc(Cl)c1F)c1ccc(CO)cc1Br. The normalized spacial score (nSPS) is 11.4. The van der Waals surface area contributed by atoms with Crippen molar-refractivity contribution in [2.75, 3.05) is 4.72 Å². The Kier molecular flexibility index (Phi) is 4.88. The van der Waals surface area contributed by atoms with Crippen LogP contribution in [0.4, 0.5) is 10.1 Å². The predicted octanol–water partition coefficient (Wildman–Crippen LogP) is 3.53. The van der Waals surface area contributed by atoms with Crippen LogP contribution in [-0.4, -0.2) is 13.5 Å². The molecule has 0 spiro atoms. The Hall–Kier alpha value is -1.15. The smallest absolute Gasteiger partial charge is 0.263 e. The summed E-state index contributed by atoms with van der Waals surface area (Å²) in [4.78, 5) is -0.0703. The van der Waals surface area contributed by atoms with Crippen molar-refractivity contribution in [3.05, 3.63) is 57.3 Å². The maximum Gasteiger partial charge on any atom is 0.263 e. The Morgan fingerprint density at radius 2 is 2.00 bits per heavy atom. The lowest BCUT2D eigenvalue weighted by Crippen LogP contribution is -2.14. The van der Waals surface area contributed by atoms with Crippen LogP contribution in [0.15, 0.2) is 45.8 Å². The lowest BCUT2D eigenvalue weighted by molar-refractivity contribution is 0.281. The third kappa shape index (κ3) is 3.55. The maximum atomic E-state index is 13.8. The third-order valence-electron chi connectivity index (χ3n) is 2.66. The van der Waals surface area contributed by atoms with Crippen LogP contribution >= 0.6 is 27.5 Å². The Labute approximate surface area is 134 Å². The quantitative estimate of drug-likeness (QED) is 0.833. The fraction of sp³-hybridized carbons (Fsp3) is 0.0769. The van der Waals surface area contributed by atoms with Gasteiger partial charge < -0.3 is 5.11 Å². The molecule has 8 heteroatoms. The topological polar surface area (TPSA) is 66.4 Å². The van der Waals surface area contributed by atoms with Gasteiger partial charge in [-0.1, -0.05) is 23.7 Å². The van der Waals surface area contributed by atoms with Gasteiger partial charge in [-0.2, -0.15) is 0 Å². The second kappa shape index (κ2) is 6.31. The van der Waals surface area contributed by atoms with E-state index >= 15 is 0 Å². The van der Waals surface area contributed by atoms with Gasteiger partial charge in [0.1, 0.15) is 4.90 Å². The number of halogens is 3. The van der Waals surface area contributed by atoms with E-state index in [4.69, 9.17) is 16.7 Å². The van der Waals surface area contributed by atoms with Gasteiger partial charge >= 0.3 is 0 Å². The van der Waals surface area contributed by atoms with Crippen LogP contribution < -0.4 is 4.72 Å². The fourth-order valence-electron chi connectivity index (χ4n) is 1.64. The number of aliphatic hydroxyl groups excluding tert-OH is 1. The molecule has 0 saturated carbocycles. The molecule has 2 aromatic carbocycles. The number of benzene rings is 2. The maximum absolute atomic E-state index is 13.8. The number of rotatable bonds is 4. The number of aliphatic hydroxyl groups is 1. The zero-order valence-electron chi connectivity index (χ0n) is 10.5. The average molecular weight is 395 g/mol. The van der Waals surface area contributed by atoms with E-state index in [9.17, 15) is 12.8 Å². The van der Waals surface area contributed by atoms with E-state index in [1.165, 1.54) is 36.4 Å². The Bertz CT molecular complexity index is 783. The molecule has 0 aromatic heterocycles. The summed E-state index contributed by atoms with van der Waals surface area (Å²) in [6, 6.07) is 8.29. The number of sulfonamides is 1. The minimum Gasteiger partial charge on any atom is -0.392 e. The Morgan fingerprint density at radius 3 is 2.62 bits per heavy atom. The van der Waals surface area contributed by atoms with E-state index < -0.39 is 15.8 Å². The van der Waals surface area contributed by atoms with Crippen molar-refractivity contribution in [2.24, 2.45) is 0 Å². The minimum atomic E-state index is -3.99. The van der Waals surface area contributed by atoms with E-state index in [0.717, 1.165) is 0 Å². The van der Waals surface area contributed by atoms with E-state index in [1.807, 2.05) is 0 Å². The summed E-state index contributed by atoms with van der Waals surface area (Å²) in [6.07, 6.45) is 0. The van der Waals surface area contributed by atoms with Gasteiger partial charge in [-0.05, 0) is 45.8 Å². The Morgan fingerprint density at radius 1 is 1.29 bits per heavy atom. The van der Waals surface area contributed by atoms with Crippen LogP contribution in [0.1, 0.15) is 5.56 Å². The molecule has 0 radical (unpaired) electrons. The molecule has 0 aliphatic carbocycles. The van der Waals surface area contributed by atoms with Crippen molar-refractivity contribution in [3.63, 3.8) is 0 Å². The lowest BCUT2D eigenvalue weighted by Gasteiger charge is -2.11. The number of nitrogens with one attached hydrogen (secondary N) is 1. The second-order valence-corrected chi connectivity index (χ2v) is 7.04. The third-order valence-corrected chi connectivity index (χ3v) is 5.30. The van der Waals surface area contributed by atoms with Gasteiger partial charge in [-0.15, -0.1) is 0 Å². The van der Waals surface area contributed by atoms with Crippen molar-refractivity contribution in [3.8, 4) is 0 Å².